The smallest absolute Gasteiger partial charge is 0.0885 e. The fraction of sp³-hybridized carbons (Fsp3) is 0.333. The summed E-state index contributed by atoms with van der Waals surface area (Å²) in [7, 11) is 0. The Labute approximate surface area is 87.0 Å². The zero-order chi connectivity index (χ0) is 9.54. The van der Waals surface area contributed by atoms with Crippen LogP contribution in [0, 0.1) is 0 Å². The Balaban J connectivity index is 2.32. The second-order valence-electron chi connectivity index (χ2n) is 3.85. The number of hydrogen-bond donors (Lipinski definition) is 1. The van der Waals surface area contributed by atoms with Crippen LogP contribution in [0.15, 0.2) is 24.3 Å². The SMILES string of the molecule is O[C@@H]1CCCc2c1sc1ccccc21. The predicted molar refractivity (Wildman–Crippen MR) is 59.7 cm³/mol. The predicted octanol–water partition coefficient (Wildman–Crippen LogP) is 3.27. The summed E-state index contributed by atoms with van der Waals surface area (Å²) in [5, 5.41) is 11.2. The molecule has 1 aromatic heterocycles. The Morgan fingerprint density at radius 3 is 3.07 bits per heavy atom. The van der Waals surface area contributed by atoms with Crippen LogP contribution in [0.1, 0.15) is 29.4 Å². The van der Waals surface area contributed by atoms with Gasteiger partial charge in [-0.05, 0) is 36.3 Å². The fourth-order valence-corrected chi connectivity index (χ4v) is 3.52. The monoisotopic (exact) mass is 204 g/mol. The highest BCUT2D eigenvalue weighted by Crippen LogP contribution is 2.40. The zero-order valence-electron chi connectivity index (χ0n) is 7.86. The number of aliphatic hydroxyl groups excluding tert-OH is 1. The molecule has 0 saturated carbocycles. The summed E-state index contributed by atoms with van der Waals surface area (Å²) in [5.74, 6) is 0. The second kappa shape index (κ2) is 3.07. The first-order chi connectivity index (χ1) is 6.86. The first kappa shape index (κ1) is 8.45. The quantitative estimate of drug-likeness (QED) is 0.698. The largest absolute Gasteiger partial charge is 0.388 e. The van der Waals surface area contributed by atoms with Gasteiger partial charge >= 0.3 is 0 Å². The molecule has 0 unspecified atom stereocenters. The lowest BCUT2D eigenvalue weighted by molar-refractivity contribution is 0.161. The maximum atomic E-state index is 9.87. The van der Waals surface area contributed by atoms with E-state index in [2.05, 4.69) is 24.3 Å². The third-order valence-corrected chi connectivity index (χ3v) is 4.25. The molecule has 0 fully saturated rings. The highest BCUT2D eigenvalue weighted by Gasteiger charge is 2.22. The van der Waals surface area contributed by atoms with Gasteiger partial charge in [0.05, 0.1) is 6.10 Å². The van der Waals surface area contributed by atoms with E-state index in [1.54, 1.807) is 11.3 Å². The molecule has 2 aromatic rings. The van der Waals surface area contributed by atoms with Crippen LogP contribution in [-0.4, -0.2) is 5.11 Å². The first-order valence-electron chi connectivity index (χ1n) is 5.04. The Hall–Kier alpha value is -0.860. The van der Waals surface area contributed by atoms with Gasteiger partial charge in [0.25, 0.3) is 0 Å². The number of hydrogen-bond acceptors (Lipinski definition) is 2. The van der Waals surface area contributed by atoms with Crippen molar-refractivity contribution in [3.63, 3.8) is 0 Å². The Bertz CT molecular complexity index is 472. The van der Waals surface area contributed by atoms with Crippen molar-refractivity contribution in [1.82, 2.24) is 0 Å². The molecular formula is C12H12OS. The van der Waals surface area contributed by atoms with Gasteiger partial charge in [-0.2, -0.15) is 0 Å². The highest BCUT2D eigenvalue weighted by atomic mass is 32.1. The summed E-state index contributed by atoms with van der Waals surface area (Å²) >= 11 is 1.76. The van der Waals surface area contributed by atoms with Gasteiger partial charge in [0.1, 0.15) is 0 Å². The lowest BCUT2D eigenvalue weighted by Crippen LogP contribution is -2.05. The number of thiophene rings is 1. The summed E-state index contributed by atoms with van der Waals surface area (Å²) in [6.07, 6.45) is 2.97. The van der Waals surface area contributed by atoms with Crippen molar-refractivity contribution < 1.29 is 5.11 Å². The average Bonchev–Trinajstić information content (AvgIpc) is 2.59. The lowest BCUT2D eigenvalue weighted by atomic mass is 9.94. The van der Waals surface area contributed by atoms with E-state index in [0.29, 0.717) is 0 Å². The van der Waals surface area contributed by atoms with E-state index in [0.717, 1.165) is 19.3 Å². The molecule has 0 aliphatic heterocycles. The minimum atomic E-state index is -0.212. The molecule has 3 rings (SSSR count). The van der Waals surface area contributed by atoms with E-state index in [4.69, 9.17) is 0 Å². The molecule has 1 aliphatic carbocycles. The molecule has 1 nitrogen and oxygen atoms in total. The van der Waals surface area contributed by atoms with Crippen molar-refractivity contribution in [2.75, 3.05) is 0 Å². The van der Waals surface area contributed by atoms with E-state index in [1.807, 2.05) is 0 Å². The second-order valence-corrected chi connectivity index (χ2v) is 4.93. The van der Waals surface area contributed by atoms with Crippen molar-refractivity contribution in [3.05, 3.63) is 34.7 Å². The minimum Gasteiger partial charge on any atom is -0.388 e. The molecule has 2 heteroatoms. The van der Waals surface area contributed by atoms with Gasteiger partial charge in [-0.1, -0.05) is 18.2 Å². The average molecular weight is 204 g/mol. The Kier molecular flexibility index (Phi) is 1.85. The van der Waals surface area contributed by atoms with Gasteiger partial charge in [-0.15, -0.1) is 11.3 Å². The maximum absolute atomic E-state index is 9.87. The third kappa shape index (κ3) is 1.11. The van der Waals surface area contributed by atoms with E-state index in [-0.39, 0.29) is 6.10 Å². The van der Waals surface area contributed by atoms with Crippen molar-refractivity contribution in [2.24, 2.45) is 0 Å². The van der Waals surface area contributed by atoms with Crippen LogP contribution in [-0.2, 0) is 6.42 Å². The summed E-state index contributed by atoms with van der Waals surface area (Å²) < 4.78 is 1.32. The van der Waals surface area contributed by atoms with Gasteiger partial charge in [0.15, 0.2) is 0 Å². The van der Waals surface area contributed by atoms with Crippen molar-refractivity contribution in [2.45, 2.75) is 25.4 Å². The molecule has 1 heterocycles. The summed E-state index contributed by atoms with van der Waals surface area (Å²) in [4.78, 5) is 1.21. The molecule has 1 atom stereocenters. The number of aliphatic hydroxyl groups is 1. The number of rotatable bonds is 0. The van der Waals surface area contributed by atoms with Gasteiger partial charge < -0.3 is 5.11 Å². The molecule has 72 valence electrons. The molecule has 0 radical (unpaired) electrons. The molecule has 0 saturated heterocycles. The molecule has 1 aromatic carbocycles. The van der Waals surface area contributed by atoms with Gasteiger partial charge in [0, 0.05) is 9.58 Å². The van der Waals surface area contributed by atoms with E-state index in [1.165, 1.54) is 20.5 Å². The van der Waals surface area contributed by atoms with Crippen molar-refractivity contribution in [3.8, 4) is 0 Å². The summed E-state index contributed by atoms with van der Waals surface area (Å²) in [5.41, 5.74) is 1.39. The Morgan fingerprint density at radius 1 is 1.29 bits per heavy atom. The molecule has 0 amide bonds. The van der Waals surface area contributed by atoms with Crippen LogP contribution in [0.25, 0.3) is 10.1 Å². The standard InChI is InChI=1S/C12H12OS/c13-10-6-3-5-9-8-4-1-2-7-11(8)14-12(9)10/h1-2,4,7,10,13H,3,5-6H2/t10-/m1/s1. The van der Waals surface area contributed by atoms with Crippen LogP contribution in [0.3, 0.4) is 0 Å². The van der Waals surface area contributed by atoms with Crippen LogP contribution < -0.4 is 0 Å². The van der Waals surface area contributed by atoms with Crippen LogP contribution in [0.4, 0.5) is 0 Å². The van der Waals surface area contributed by atoms with Gasteiger partial charge in [-0.25, -0.2) is 0 Å². The third-order valence-electron chi connectivity index (χ3n) is 2.94. The zero-order valence-corrected chi connectivity index (χ0v) is 8.68. The van der Waals surface area contributed by atoms with Crippen molar-refractivity contribution in [1.29, 1.82) is 0 Å². The number of aryl methyl sites for hydroxylation is 1. The normalized spacial score (nSPS) is 21.1. The lowest BCUT2D eigenvalue weighted by Gasteiger charge is -2.16. The van der Waals surface area contributed by atoms with Crippen LogP contribution in [0.5, 0.6) is 0 Å². The molecule has 1 N–H and O–H groups in total. The number of fused-ring (bicyclic) bond motifs is 3. The Morgan fingerprint density at radius 2 is 2.14 bits per heavy atom. The van der Waals surface area contributed by atoms with E-state index in [9.17, 15) is 5.11 Å². The molecule has 0 bridgehead atoms. The maximum Gasteiger partial charge on any atom is 0.0885 e. The van der Waals surface area contributed by atoms with Crippen LogP contribution >= 0.6 is 11.3 Å². The number of benzene rings is 1. The van der Waals surface area contributed by atoms with Gasteiger partial charge in [0.2, 0.25) is 0 Å². The minimum absolute atomic E-state index is 0.212. The fourth-order valence-electron chi connectivity index (χ4n) is 2.25. The first-order valence-corrected chi connectivity index (χ1v) is 5.86. The van der Waals surface area contributed by atoms with E-state index < -0.39 is 0 Å². The molecule has 0 spiro atoms. The van der Waals surface area contributed by atoms with Gasteiger partial charge in [-0.3, -0.25) is 0 Å². The molecule has 14 heavy (non-hydrogen) atoms. The topological polar surface area (TPSA) is 20.2 Å². The van der Waals surface area contributed by atoms with E-state index >= 15 is 0 Å². The summed E-state index contributed by atoms with van der Waals surface area (Å²) in [6, 6.07) is 8.46. The van der Waals surface area contributed by atoms with Crippen LogP contribution in [0.2, 0.25) is 0 Å². The van der Waals surface area contributed by atoms with Crippen molar-refractivity contribution >= 4 is 21.4 Å². The summed E-state index contributed by atoms with van der Waals surface area (Å²) in [6.45, 7) is 0. The molecular weight excluding hydrogens is 192 g/mol. The molecule has 1 aliphatic rings. The highest BCUT2D eigenvalue weighted by molar-refractivity contribution is 7.19.